The van der Waals surface area contributed by atoms with E-state index < -0.39 is 18.2 Å². The van der Waals surface area contributed by atoms with Gasteiger partial charge in [0, 0.05) is 6.42 Å². The van der Waals surface area contributed by atoms with Crippen molar-refractivity contribution in [3.8, 4) is 0 Å². The van der Waals surface area contributed by atoms with Crippen molar-refractivity contribution in [2.24, 2.45) is 0 Å². The molecule has 3 atom stereocenters. The second kappa shape index (κ2) is 48.4. The second-order valence-corrected chi connectivity index (χ2v) is 18.3. The summed E-state index contributed by atoms with van der Waals surface area (Å²) in [5.74, 6) is -0.479. The molecule has 0 radical (unpaired) electrons. The third-order valence-corrected chi connectivity index (χ3v) is 12.3. The average Bonchev–Trinajstić information content (AvgIpc) is 3.24. The van der Waals surface area contributed by atoms with Gasteiger partial charge in [-0.05, 0) is 51.4 Å². The van der Waals surface area contributed by atoms with Crippen molar-refractivity contribution in [1.29, 1.82) is 0 Å². The van der Waals surface area contributed by atoms with Gasteiger partial charge >= 0.3 is 5.97 Å². The minimum atomic E-state index is -0.789. The first-order valence-corrected chi connectivity index (χ1v) is 26.6. The van der Waals surface area contributed by atoms with Crippen molar-refractivity contribution in [2.75, 3.05) is 6.61 Å². The Labute approximate surface area is 373 Å². The zero-order valence-corrected chi connectivity index (χ0v) is 40.4. The van der Waals surface area contributed by atoms with Crippen LogP contribution in [0.5, 0.6) is 0 Å². The van der Waals surface area contributed by atoms with Crippen LogP contribution < -0.4 is 5.32 Å². The van der Waals surface area contributed by atoms with E-state index in [1.54, 1.807) is 0 Å². The lowest BCUT2D eigenvalue weighted by Gasteiger charge is -2.24. The summed E-state index contributed by atoms with van der Waals surface area (Å²) in [6.45, 7) is 6.47. The number of esters is 1. The molecule has 0 aliphatic carbocycles. The average molecular weight is 846 g/mol. The summed E-state index contributed by atoms with van der Waals surface area (Å²) in [4.78, 5) is 26.1. The van der Waals surface area contributed by atoms with Crippen LogP contribution in [0, 0.1) is 0 Å². The molecule has 0 aromatic rings. The van der Waals surface area contributed by atoms with E-state index in [-0.39, 0.29) is 24.9 Å². The maximum atomic E-state index is 13.2. The second-order valence-electron chi connectivity index (χ2n) is 18.3. The van der Waals surface area contributed by atoms with Crippen LogP contribution >= 0.6 is 0 Å². The fraction of sp³-hybridized carbons (Fsp3) is 0.889. The molecule has 60 heavy (non-hydrogen) atoms. The first-order chi connectivity index (χ1) is 29.5. The molecule has 0 saturated heterocycles. The van der Waals surface area contributed by atoms with Crippen LogP contribution in [-0.2, 0) is 14.3 Å². The minimum Gasteiger partial charge on any atom is -0.462 e. The molecule has 1 amide bonds. The molecule has 0 bridgehead atoms. The highest BCUT2D eigenvalue weighted by Crippen LogP contribution is 2.18. The van der Waals surface area contributed by atoms with Crippen LogP contribution in [0.25, 0.3) is 0 Å². The molecule has 0 aliphatic heterocycles. The van der Waals surface area contributed by atoms with Gasteiger partial charge in [0.2, 0.25) is 5.91 Å². The number of hydrogen-bond donors (Lipinski definition) is 3. The van der Waals surface area contributed by atoms with Crippen molar-refractivity contribution in [3.63, 3.8) is 0 Å². The molecule has 0 fully saturated rings. The molecule has 6 nitrogen and oxygen atoms in total. The van der Waals surface area contributed by atoms with Crippen molar-refractivity contribution in [1.82, 2.24) is 5.32 Å². The molecule has 0 saturated carbocycles. The Morgan fingerprint density at radius 2 is 0.833 bits per heavy atom. The summed E-state index contributed by atoms with van der Waals surface area (Å²) >= 11 is 0. The Kier molecular flexibility index (Phi) is 47.0. The molecule has 354 valence electrons. The van der Waals surface area contributed by atoms with Crippen LogP contribution in [0.15, 0.2) is 24.3 Å². The molecule has 3 unspecified atom stereocenters. The number of hydrogen-bond acceptors (Lipinski definition) is 5. The fourth-order valence-corrected chi connectivity index (χ4v) is 8.25. The van der Waals surface area contributed by atoms with Crippen LogP contribution in [0.1, 0.15) is 284 Å². The van der Waals surface area contributed by atoms with Gasteiger partial charge < -0.3 is 20.3 Å². The van der Waals surface area contributed by atoms with E-state index >= 15 is 0 Å². The van der Waals surface area contributed by atoms with Crippen LogP contribution in [0.4, 0.5) is 0 Å². The van der Waals surface area contributed by atoms with Gasteiger partial charge in [-0.15, -0.1) is 0 Å². The molecule has 0 aromatic carbocycles. The number of unbranched alkanes of at least 4 members (excludes halogenated alkanes) is 33. The maximum Gasteiger partial charge on any atom is 0.306 e. The van der Waals surface area contributed by atoms with E-state index in [4.69, 9.17) is 4.74 Å². The molecule has 0 rings (SSSR count). The van der Waals surface area contributed by atoms with E-state index in [0.29, 0.717) is 19.3 Å². The zero-order chi connectivity index (χ0) is 43.8. The lowest BCUT2D eigenvalue weighted by atomic mass is 10.0. The lowest BCUT2D eigenvalue weighted by molar-refractivity contribution is -0.151. The SMILES string of the molecule is CCCCC/C=C/C=C/CCCCCCC(CC(=O)NC(CO)C(O)CCCCCCCCCCCCCCC)OC(=O)CCCCCCCCCCCCCCCCC. The number of ether oxygens (including phenoxy) is 1. The molecule has 0 spiro atoms. The molecular formula is C54H103NO5. The Bertz CT molecular complexity index is 950. The number of rotatable bonds is 48. The summed E-state index contributed by atoms with van der Waals surface area (Å²) in [7, 11) is 0. The Morgan fingerprint density at radius 3 is 1.27 bits per heavy atom. The molecule has 3 N–H and O–H groups in total. The van der Waals surface area contributed by atoms with Crippen molar-refractivity contribution in [3.05, 3.63) is 24.3 Å². The van der Waals surface area contributed by atoms with E-state index in [1.165, 1.54) is 167 Å². The number of aliphatic hydroxyl groups is 2. The Hall–Kier alpha value is -1.66. The van der Waals surface area contributed by atoms with Gasteiger partial charge in [0.15, 0.2) is 0 Å². The van der Waals surface area contributed by atoms with Crippen LogP contribution in [-0.4, -0.2) is 46.9 Å². The largest absolute Gasteiger partial charge is 0.462 e. The third-order valence-electron chi connectivity index (χ3n) is 12.3. The van der Waals surface area contributed by atoms with E-state index in [1.807, 2.05) is 0 Å². The summed E-state index contributed by atoms with van der Waals surface area (Å²) in [5, 5.41) is 23.8. The highest BCUT2D eigenvalue weighted by atomic mass is 16.5. The van der Waals surface area contributed by atoms with Gasteiger partial charge in [-0.25, -0.2) is 0 Å². The van der Waals surface area contributed by atoms with Crippen molar-refractivity contribution >= 4 is 11.9 Å². The number of allylic oxidation sites excluding steroid dienone is 4. The lowest BCUT2D eigenvalue weighted by Crippen LogP contribution is -2.46. The Morgan fingerprint density at radius 1 is 0.483 bits per heavy atom. The third kappa shape index (κ3) is 43.0. The summed E-state index contributed by atoms with van der Waals surface area (Å²) in [6, 6.07) is -0.703. The van der Waals surface area contributed by atoms with Gasteiger partial charge in [0.25, 0.3) is 0 Å². The van der Waals surface area contributed by atoms with Gasteiger partial charge in [-0.3, -0.25) is 9.59 Å². The quantitative estimate of drug-likeness (QED) is 0.0322. The predicted octanol–water partition coefficient (Wildman–Crippen LogP) is 15.9. The maximum absolute atomic E-state index is 13.2. The standard InChI is InChI=1S/C54H103NO5/c1-4-7-10-13-16-19-22-25-26-29-32-35-38-41-44-47-54(59)60-50(45-42-39-36-33-30-27-23-20-17-14-11-8-5-2)48-53(58)55-51(49-56)52(57)46-43-40-37-34-31-28-24-21-18-15-12-9-6-3/h17,20,23,27,50-52,56-57H,4-16,18-19,21-22,24-26,28-49H2,1-3H3,(H,55,58)/b20-17+,27-23+. The van der Waals surface area contributed by atoms with Crippen LogP contribution in [0.3, 0.4) is 0 Å². The smallest absolute Gasteiger partial charge is 0.306 e. The van der Waals surface area contributed by atoms with Gasteiger partial charge in [-0.2, -0.15) is 0 Å². The first kappa shape index (κ1) is 58.3. The zero-order valence-electron chi connectivity index (χ0n) is 40.4. The van der Waals surface area contributed by atoms with Crippen molar-refractivity contribution < 1.29 is 24.5 Å². The summed E-state index contributed by atoms with van der Waals surface area (Å²) < 4.78 is 5.93. The van der Waals surface area contributed by atoms with Gasteiger partial charge in [-0.1, -0.05) is 244 Å². The topological polar surface area (TPSA) is 95.9 Å². The van der Waals surface area contributed by atoms with E-state index in [9.17, 15) is 19.8 Å². The summed E-state index contributed by atoms with van der Waals surface area (Å²) in [6.07, 6.45) is 55.2. The van der Waals surface area contributed by atoms with Gasteiger partial charge in [0.1, 0.15) is 6.10 Å². The molecule has 0 heterocycles. The van der Waals surface area contributed by atoms with E-state index in [0.717, 1.165) is 70.6 Å². The van der Waals surface area contributed by atoms with Gasteiger partial charge in [0.05, 0.1) is 25.2 Å². The van der Waals surface area contributed by atoms with Crippen molar-refractivity contribution in [2.45, 2.75) is 302 Å². The Balaban J connectivity index is 4.55. The molecular weight excluding hydrogens is 743 g/mol. The number of amides is 1. The number of aliphatic hydroxyl groups excluding tert-OH is 2. The van der Waals surface area contributed by atoms with E-state index in [2.05, 4.69) is 50.4 Å². The number of carbonyl (C=O) groups excluding carboxylic acids is 2. The number of carbonyl (C=O) groups is 2. The molecule has 0 aromatic heterocycles. The molecule has 0 aliphatic rings. The van der Waals surface area contributed by atoms with Crippen LogP contribution in [0.2, 0.25) is 0 Å². The predicted molar refractivity (Wildman–Crippen MR) is 260 cm³/mol. The first-order valence-electron chi connectivity index (χ1n) is 26.6. The fourth-order valence-electron chi connectivity index (χ4n) is 8.25. The monoisotopic (exact) mass is 846 g/mol. The summed E-state index contributed by atoms with van der Waals surface area (Å²) in [5.41, 5.74) is 0. The molecule has 6 heteroatoms. The normalized spacial score (nSPS) is 13.3. The highest BCUT2D eigenvalue weighted by molar-refractivity contribution is 5.77. The number of nitrogens with one attached hydrogen (secondary N) is 1. The highest BCUT2D eigenvalue weighted by Gasteiger charge is 2.24. The minimum absolute atomic E-state index is 0.0693.